The van der Waals surface area contributed by atoms with Gasteiger partial charge in [-0.3, -0.25) is 9.59 Å². The Labute approximate surface area is 165 Å². The van der Waals surface area contributed by atoms with Crippen molar-refractivity contribution in [3.05, 3.63) is 89.2 Å². The summed E-state index contributed by atoms with van der Waals surface area (Å²) in [6, 6.07) is 15.8. The predicted molar refractivity (Wildman–Crippen MR) is 108 cm³/mol. The van der Waals surface area contributed by atoms with Gasteiger partial charge in [0, 0.05) is 36.1 Å². The number of nitrogens with zero attached hydrogens (tertiary/aromatic N) is 3. The number of ketones is 1. The highest BCUT2D eigenvalue weighted by atomic mass is 35.5. The molecule has 0 unspecified atom stereocenters. The number of aryl methyl sites for hydroxylation is 1. The topological polar surface area (TPSA) is 76.9 Å². The van der Waals surface area contributed by atoms with Crippen molar-refractivity contribution in [2.75, 3.05) is 5.32 Å². The van der Waals surface area contributed by atoms with Gasteiger partial charge in [-0.25, -0.2) is 9.97 Å². The minimum Gasteiger partial charge on any atom is -0.331 e. The van der Waals surface area contributed by atoms with Crippen LogP contribution < -0.4 is 5.32 Å². The molecule has 0 spiro atoms. The maximum atomic E-state index is 12.5. The zero-order chi connectivity index (χ0) is 19.7. The molecule has 2 aromatic carbocycles. The minimum atomic E-state index is -0.379. The number of nitrogens with one attached hydrogen (secondary N) is 1. The van der Waals surface area contributed by atoms with Crippen molar-refractivity contribution in [2.45, 2.75) is 0 Å². The molecule has 0 aliphatic heterocycles. The van der Waals surface area contributed by atoms with E-state index in [9.17, 15) is 9.59 Å². The summed E-state index contributed by atoms with van der Waals surface area (Å²) in [4.78, 5) is 33.2. The van der Waals surface area contributed by atoms with Crippen LogP contribution in [0.3, 0.4) is 0 Å². The molecular weight excluding hydrogens is 376 g/mol. The Morgan fingerprint density at radius 2 is 1.82 bits per heavy atom. The maximum absolute atomic E-state index is 12.5. The number of rotatable bonds is 4. The van der Waals surface area contributed by atoms with Crippen molar-refractivity contribution in [3.8, 4) is 0 Å². The van der Waals surface area contributed by atoms with Crippen LogP contribution in [0.4, 0.5) is 5.69 Å². The van der Waals surface area contributed by atoms with Crippen molar-refractivity contribution in [1.29, 1.82) is 0 Å². The minimum absolute atomic E-state index is 0.187. The summed E-state index contributed by atoms with van der Waals surface area (Å²) in [5.41, 5.74) is 1.25. The van der Waals surface area contributed by atoms with E-state index in [1.54, 1.807) is 54.3 Å². The Kier molecular flexibility index (Phi) is 4.63. The van der Waals surface area contributed by atoms with Crippen LogP contribution >= 0.6 is 11.6 Å². The van der Waals surface area contributed by atoms with E-state index in [4.69, 9.17) is 11.6 Å². The van der Waals surface area contributed by atoms with Gasteiger partial charge in [-0.15, -0.1) is 0 Å². The van der Waals surface area contributed by atoms with Crippen molar-refractivity contribution in [2.24, 2.45) is 7.05 Å². The number of aromatic nitrogens is 3. The van der Waals surface area contributed by atoms with Gasteiger partial charge in [0.2, 0.25) is 5.78 Å². The summed E-state index contributed by atoms with van der Waals surface area (Å²) < 4.78 is 1.66. The van der Waals surface area contributed by atoms with Gasteiger partial charge in [0.1, 0.15) is 10.8 Å². The molecule has 0 saturated carbocycles. The lowest BCUT2D eigenvalue weighted by atomic mass is 10.1. The van der Waals surface area contributed by atoms with Crippen molar-refractivity contribution >= 4 is 39.8 Å². The highest BCUT2D eigenvalue weighted by Gasteiger charge is 2.15. The first kappa shape index (κ1) is 17.9. The van der Waals surface area contributed by atoms with Crippen LogP contribution in [-0.4, -0.2) is 26.2 Å². The van der Waals surface area contributed by atoms with Gasteiger partial charge in [-0.1, -0.05) is 35.9 Å². The number of pyridine rings is 1. The summed E-state index contributed by atoms with van der Waals surface area (Å²) in [5.74, 6) is -0.212. The molecule has 28 heavy (non-hydrogen) atoms. The first-order chi connectivity index (χ1) is 13.5. The molecule has 0 aliphatic carbocycles. The standard InChI is InChI=1S/C21H15ClN4O2/c1-26-11-10-23-20(26)18(27)13-6-8-15(9-7-13)24-21(28)17-12-14-4-2-3-5-16(14)19(22)25-17/h2-12H,1H3,(H,24,28). The maximum Gasteiger partial charge on any atom is 0.274 e. The molecule has 0 bridgehead atoms. The third-order valence-corrected chi connectivity index (χ3v) is 4.64. The van der Waals surface area contributed by atoms with Crippen molar-refractivity contribution in [3.63, 3.8) is 0 Å². The highest BCUT2D eigenvalue weighted by Crippen LogP contribution is 2.23. The van der Waals surface area contributed by atoms with E-state index in [-0.39, 0.29) is 22.5 Å². The molecule has 4 aromatic rings. The molecule has 0 atom stereocenters. The number of hydrogen-bond acceptors (Lipinski definition) is 4. The molecule has 0 aliphatic rings. The van der Waals surface area contributed by atoms with Crippen LogP contribution in [0.5, 0.6) is 0 Å². The Balaban J connectivity index is 1.54. The third-order valence-electron chi connectivity index (χ3n) is 4.36. The number of carbonyl (C=O) groups excluding carboxylic acids is 2. The number of fused-ring (bicyclic) bond motifs is 1. The number of imidazole rings is 1. The number of carbonyl (C=O) groups is 2. The second-order valence-electron chi connectivity index (χ2n) is 6.24. The van der Waals surface area contributed by atoms with Crippen LogP contribution in [0.25, 0.3) is 10.8 Å². The van der Waals surface area contributed by atoms with Crippen LogP contribution in [0.1, 0.15) is 26.7 Å². The smallest absolute Gasteiger partial charge is 0.274 e. The Morgan fingerprint density at radius 1 is 1.07 bits per heavy atom. The summed E-state index contributed by atoms with van der Waals surface area (Å²) in [7, 11) is 1.76. The number of halogens is 1. The molecule has 2 heterocycles. The number of benzene rings is 2. The summed E-state index contributed by atoms with van der Waals surface area (Å²) >= 11 is 6.19. The van der Waals surface area contributed by atoms with E-state index in [1.165, 1.54) is 0 Å². The van der Waals surface area contributed by atoms with E-state index in [0.29, 0.717) is 17.1 Å². The molecular formula is C21H15ClN4O2. The fraction of sp³-hybridized carbons (Fsp3) is 0.0476. The molecule has 0 saturated heterocycles. The largest absolute Gasteiger partial charge is 0.331 e. The fourth-order valence-corrected chi connectivity index (χ4v) is 3.15. The zero-order valence-electron chi connectivity index (χ0n) is 14.9. The van der Waals surface area contributed by atoms with Gasteiger partial charge in [0.05, 0.1) is 0 Å². The van der Waals surface area contributed by atoms with Gasteiger partial charge in [0.25, 0.3) is 5.91 Å². The second kappa shape index (κ2) is 7.25. The van der Waals surface area contributed by atoms with Crippen molar-refractivity contribution in [1.82, 2.24) is 14.5 Å². The first-order valence-electron chi connectivity index (χ1n) is 8.51. The molecule has 138 valence electrons. The number of amides is 1. The van der Waals surface area contributed by atoms with Crippen molar-refractivity contribution < 1.29 is 9.59 Å². The Bertz CT molecular complexity index is 1200. The van der Waals surface area contributed by atoms with E-state index in [2.05, 4.69) is 15.3 Å². The summed E-state index contributed by atoms with van der Waals surface area (Å²) in [5, 5.41) is 4.67. The fourth-order valence-electron chi connectivity index (χ4n) is 2.89. The molecule has 1 N–H and O–H groups in total. The van der Waals surface area contributed by atoms with Gasteiger partial charge >= 0.3 is 0 Å². The van der Waals surface area contributed by atoms with E-state index < -0.39 is 0 Å². The van der Waals surface area contributed by atoms with E-state index in [1.807, 2.05) is 24.3 Å². The monoisotopic (exact) mass is 390 g/mol. The average molecular weight is 391 g/mol. The third kappa shape index (κ3) is 3.37. The van der Waals surface area contributed by atoms with Crippen LogP contribution in [0, 0.1) is 0 Å². The second-order valence-corrected chi connectivity index (χ2v) is 6.60. The van der Waals surface area contributed by atoms with Gasteiger partial charge in [-0.2, -0.15) is 0 Å². The normalized spacial score (nSPS) is 10.8. The van der Waals surface area contributed by atoms with Gasteiger partial charge in [-0.05, 0) is 35.7 Å². The van der Waals surface area contributed by atoms with E-state index >= 15 is 0 Å². The number of anilines is 1. The predicted octanol–water partition coefficient (Wildman–Crippen LogP) is 4.11. The Morgan fingerprint density at radius 3 is 2.54 bits per heavy atom. The van der Waals surface area contributed by atoms with Gasteiger partial charge < -0.3 is 9.88 Å². The SMILES string of the molecule is Cn1ccnc1C(=O)c1ccc(NC(=O)c2cc3ccccc3c(Cl)n2)cc1. The quantitative estimate of drug-likeness (QED) is 0.420. The van der Waals surface area contributed by atoms with E-state index in [0.717, 1.165) is 10.8 Å². The molecule has 0 fully saturated rings. The number of hydrogen-bond donors (Lipinski definition) is 1. The summed E-state index contributed by atoms with van der Waals surface area (Å²) in [6.07, 6.45) is 3.28. The van der Waals surface area contributed by atoms with Gasteiger partial charge in [0.15, 0.2) is 5.82 Å². The molecule has 0 radical (unpaired) electrons. The molecule has 1 amide bonds. The zero-order valence-corrected chi connectivity index (χ0v) is 15.6. The molecule has 4 rings (SSSR count). The average Bonchev–Trinajstić information content (AvgIpc) is 3.14. The lowest BCUT2D eigenvalue weighted by Gasteiger charge is -2.08. The molecule has 7 heteroatoms. The summed E-state index contributed by atoms with van der Waals surface area (Å²) in [6.45, 7) is 0. The van der Waals surface area contributed by atoms with Crippen LogP contribution in [-0.2, 0) is 7.05 Å². The Hall–Kier alpha value is -3.51. The molecule has 6 nitrogen and oxygen atoms in total. The lowest BCUT2D eigenvalue weighted by molar-refractivity contribution is 0.101. The highest BCUT2D eigenvalue weighted by molar-refractivity contribution is 6.34. The van der Waals surface area contributed by atoms with Crippen LogP contribution in [0.15, 0.2) is 67.0 Å². The first-order valence-corrected chi connectivity index (χ1v) is 8.89. The van der Waals surface area contributed by atoms with Crippen LogP contribution in [0.2, 0.25) is 5.15 Å². The molecule has 2 aromatic heterocycles. The lowest BCUT2D eigenvalue weighted by Crippen LogP contribution is -2.14.